The van der Waals surface area contributed by atoms with Gasteiger partial charge in [-0.2, -0.15) is 0 Å². The van der Waals surface area contributed by atoms with Gasteiger partial charge in [-0.25, -0.2) is 0 Å². The van der Waals surface area contributed by atoms with Crippen LogP contribution in [0.4, 0.5) is 0 Å². The Kier molecular flexibility index (Phi) is 2.70. The minimum Gasteiger partial charge on any atom is -0.456 e. The van der Waals surface area contributed by atoms with E-state index in [1.165, 1.54) is 4.90 Å². The van der Waals surface area contributed by atoms with Crippen LogP contribution in [0.5, 0.6) is 0 Å². The Labute approximate surface area is 153 Å². The van der Waals surface area contributed by atoms with Crippen LogP contribution in [0.3, 0.4) is 0 Å². The molecule has 0 radical (unpaired) electrons. The molecule has 5 unspecified atom stereocenters. The zero-order valence-electron chi connectivity index (χ0n) is 14.5. The van der Waals surface area contributed by atoms with Gasteiger partial charge in [0.25, 0.3) is 11.8 Å². The smallest absolute Gasteiger partial charge is 0.265 e. The second kappa shape index (κ2) is 4.75. The standard InChI is InChI=1S/C19H16N2O6/c1-7(21-18(24)14-10-4-5-11(27-10)15(14)19(21)25)6-20-16(22)12-8-2-3-9(26-8)13(12)17(20)23/h2-3,7,10-11,14-15H,4-6H2,1H3. The van der Waals surface area contributed by atoms with Gasteiger partial charge in [-0.05, 0) is 31.9 Å². The maximum absolute atomic E-state index is 12.9. The van der Waals surface area contributed by atoms with E-state index >= 15 is 0 Å². The molecule has 4 amide bonds. The summed E-state index contributed by atoms with van der Waals surface area (Å²) in [4.78, 5) is 53.5. The summed E-state index contributed by atoms with van der Waals surface area (Å²) in [5.74, 6) is -2.16. The lowest BCUT2D eigenvalue weighted by Gasteiger charge is -2.27. The number of rotatable bonds is 3. The molecule has 8 nitrogen and oxygen atoms in total. The zero-order chi connectivity index (χ0) is 18.6. The third-order valence-corrected chi connectivity index (χ3v) is 6.47. The second-order valence-electron chi connectivity index (χ2n) is 7.87. The molecular weight excluding hydrogens is 352 g/mol. The van der Waals surface area contributed by atoms with Gasteiger partial charge in [0.05, 0.1) is 47.8 Å². The molecule has 8 heteroatoms. The molecular formula is C19H16N2O6. The molecule has 3 fully saturated rings. The first-order valence-corrected chi connectivity index (χ1v) is 9.21. The molecule has 6 heterocycles. The van der Waals surface area contributed by atoms with E-state index < -0.39 is 29.7 Å². The van der Waals surface area contributed by atoms with Gasteiger partial charge in [0.15, 0.2) is 0 Å². The normalized spacial score (nSPS) is 33.1. The van der Waals surface area contributed by atoms with E-state index in [2.05, 4.69) is 0 Å². The van der Waals surface area contributed by atoms with E-state index in [4.69, 9.17) is 9.15 Å². The molecule has 6 rings (SSSR count). The Morgan fingerprint density at radius 3 is 2.00 bits per heavy atom. The molecule has 2 aromatic rings. The maximum atomic E-state index is 12.9. The number of carbonyl (C=O) groups is 4. The SMILES string of the molecule is CC(CN1C(=O)c2c(c3ccc2o3)C1=O)N1C(=O)C2C3CCC(O3)C2C1=O. The number of benzene rings is 1. The van der Waals surface area contributed by atoms with Gasteiger partial charge in [0.1, 0.15) is 11.2 Å². The van der Waals surface area contributed by atoms with Crippen molar-refractivity contribution in [2.24, 2.45) is 11.8 Å². The van der Waals surface area contributed by atoms with Gasteiger partial charge in [0.2, 0.25) is 11.8 Å². The Bertz CT molecular complexity index is 968. The number of ether oxygens (including phenoxy) is 1. The monoisotopic (exact) mass is 368 g/mol. The fourth-order valence-electron chi connectivity index (χ4n) is 5.32. The Morgan fingerprint density at radius 1 is 0.963 bits per heavy atom. The summed E-state index contributed by atoms with van der Waals surface area (Å²) in [6.07, 6.45) is 1.25. The van der Waals surface area contributed by atoms with Gasteiger partial charge in [-0.3, -0.25) is 29.0 Å². The number of likely N-dealkylation sites (tertiary alicyclic amines) is 1. The number of hydrogen-bond donors (Lipinski definition) is 0. The lowest BCUT2D eigenvalue weighted by molar-refractivity contribution is -0.145. The summed E-state index contributed by atoms with van der Waals surface area (Å²) in [7, 11) is 0. The minimum absolute atomic E-state index is 0.0155. The van der Waals surface area contributed by atoms with Crippen molar-refractivity contribution in [1.82, 2.24) is 9.80 Å². The van der Waals surface area contributed by atoms with Crippen molar-refractivity contribution in [2.75, 3.05) is 6.54 Å². The van der Waals surface area contributed by atoms with Gasteiger partial charge in [-0.15, -0.1) is 0 Å². The molecule has 4 aliphatic heterocycles. The van der Waals surface area contributed by atoms with Crippen molar-refractivity contribution in [1.29, 1.82) is 0 Å². The average molecular weight is 368 g/mol. The van der Waals surface area contributed by atoms with Crippen molar-refractivity contribution in [3.8, 4) is 0 Å². The number of furan rings is 2. The van der Waals surface area contributed by atoms with E-state index in [0.29, 0.717) is 11.2 Å². The van der Waals surface area contributed by atoms with Crippen LogP contribution in [0.25, 0.3) is 11.2 Å². The molecule has 4 aliphatic rings. The van der Waals surface area contributed by atoms with Crippen LogP contribution in [0, 0.1) is 11.8 Å². The van der Waals surface area contributed by atoms with Crippen LogP contribution in [0.2, 0.25) is 0 Å². The summed E-state index contributed by atoms with van der Waals surface area (Å²) in [5.41, 5.74) is 1.36. The van der Waals surface area contributed by atoms with Crippen molar-refractivity contribution < 1.29 is 28.3 Å². The second-order valence-corrected chi connectivity index (χ2v) is 7.87. The topological polar surface area (TPSA) is 97.1 Å². The molecule has 0 N–H and O–H groups in total. The number of hydrogen-bond acceptors (Lipinski definition) is 6. The lowest BCUT2D eigenvalue weighted by atomic mass is 9.81. The predicted octanol–water partition coefficient (Wildman–Crippen LogP) is 1.02. The summed E-state index contributed by atoms with van der Waals surface area (Å²) in [6, 6.07) is 2.75. The summed E-state index contributed by atoms with van der Waals surface area (Å²) in [5, 5.41) is 0. The van der Waals surface area contributed by atoms with Crippen LogP contribution in [-0.2, 0) is 14.3 Å². The van der Waals surface area contributed by atoms with Crippen molar-refractivity contribution in [3.05, 3.63) is 23.3 Å². The number of amides is 4. The highest BCUT2D eigenvalue weighted by molar-refractivity contribution is 6.27. The molecule has 5 atom stereocenters. The Balaban J connectivity index is 1.27. The van der Waals surface area contributed by atoms with E-state index in [9.17, 15) is 19.2 Å². The zero-order valence-corrected chi connectivity index (χ0v) is 14.5. The largest absolute Gasteiger partial charge is 0.456 e. The summed E-state index contributed by atoms with van der Waals surface area (Å²) in [6.45, 7) is 1.69. The lowest BCUT2D eigenvalue weighted by Crippen LogP contribution is -2.48. The van der Waals surface area contributed by atoms with Gasteiger partial charge in [-0.1, -0.05) is 0 Å². The first-order chi connectivity index (χ1) is 13.0. The van der Waals surface area contributed by atoms with Gasteiger partial charge >= 0.3 is 0 Å². The van der Waals surface area contributed by atoms with Gasteiger partial charge < -0.3 is 9.15 Å². The first kappa shape index (κ1) is 15.3. The summed E-state index contributed by atoms with van der Waals surface area (Å²) < 4.78 is 11.1. The van der Waals surface area contributed by atoms with Crippen LogP contribution in [-0.4, -0.2) is 58.2 Å². The van der Waals surface area contributed by atoms with Crippen molar-refractivity contribution >= 4 is 34.8 Å². The van der Waals surface area contributed by atoms with Crippen LogP contribution in [0.1, 0.15) is 40.5 Å². The molecule has 0 aromatic carbocycles. The minimum atomic E-state index is -0.579. The van der Waals surface area contributed by atoms with Crippen LogP contribution >= 0.6 is 0 Å². The van der Waals surface area contributed by atoms with E-state index in [-0.39, 0.29) is 41.7 Å². The summed E-state index contributed by atoms with van der Waals surface area (Å²) >= 11 is 0. The molecule has 4 bridgehead atoms. The van der Waals surface area contributed by atoms with Crippen molar-refractivity contribution in [2.45, 2.75) is 38.0 Å². The molecule has 0 spiro atoms. The first-order valence-electron chi connectivity index (χ1n) is 9.21. The number of nitrogens with zero attached hydrogens (tertiary/aromatic N) is 2. The quantitative estimate of drug-likeness (QED) is 0.751. The highest BCUT2D eigenvalue weighted by Gasteiger charge is 2.63. The molecule has 3 saturated heterocycles. The van der Waals surface area contributed by atoms with E-state index in [0.717, 1.165) is 17.7 Å². The fraction of sp³-hybridized carbons (Fsp3) is 0.474. The number of imide groups is 2. The van der Waals surface area contributed by atoms with E-state index in [1.807, 2.05) is 0 Å². The number of fused-ring (bicyclic) bond motifs is 10. The fourth-order valence-corrected chi connectivity index (χ4v) is 5.32. The molecule has 138 valence electrons. The van der Waals surface area contributed by atoms with Crippen LogP contribution in [0.15, 0.2) is 16.5 Å². The van der Waals surface area contributed by atoms with E-state index in [1.54, 1.807) is 19.1 Å². The van der Waals surface area contributed by atoms with Crippen molar-refractivity contribution in [3.63, 3.8) is 0 Å². The molecule has 27 heavy (non-hydrogen) atoms. The highest BCUT2D eigenvalue weighted by atomic mass is 16.5. The highest BCUT2D eigenvalue weighted by Crippen LogP contribution is 2.49. The Morgan fingerprint density at radius 2 is 1.48 bits per heavy atom. The van der Waals surface area contributed by atoms with Gasteiger partial charge in [0, 0.05) is 0 Å². The Hall–Kier alpha value is -2.74. The maximum Gasteiger partial charge on any atom is 0.265 e. The van der Waals surface area contributed by atoms with Crippen LogP contribution < -0.4 is 0 Å². The molecule has 0 aliphatic carbocycles. The predicted molar refractivity (Wildman–Crippen MR) is 89.0 cm³/mol. The third kappa shape index (κ3) is 1.67. The third-order valence-electron chi connectivity index (χ3n) is 6.47. The molecule has 2 aromatic heterocycles. The average Bonchev–Trinajstić information content (AvgIpc) is 3.45. The number of carbonyl (C=O) groups excluding carboxylic acids is 4. The molecule has 0 saturated carbocycles.